The van der Waals surface area contributed by atoms with Gasteiger partial charge in [-0.15, -0.1) is 0 Å². The molecule has 2 aromatic rings. The second-order valence-corrected chi connectivity index (χ2v) is 9.93. The molecule has 2 fully saturated rings. The van der Waals surface area contributed by atoms with Gasteiger partial charge in [0.25, 0.3) is 0 Å². The van der Waals surface area contributed by atoms with Crippen LogP contribution in [0.15, 0.2) is 0 Å². The molecule has 0 spiro atoms. The van der Waals surface area contributed by atoms with Crippen LogP contribution in [0.5, 0.6) is 5.88 Å². The zero-order chi connectivity index (χ0) is 24.9. The zero-order valence-electron chi connectivity index (χ0n) is 20.1. The molecule has 5 rings (SSSR count). The first-order valence-electron chi connectivity index (χ1n) is 12.5. The van der Waals surface area contributed by atoms with Crippen LogP contribution < -0.4 is 4.74 Å². The van der Waals surface area contributed by atoms with Crippen molar-refractivity contribution in [2.45, 2.75) is 82.1 Å². The highest BCUT2D eigenvalue weighted by Gasteiger charge is 2.48. The highest BCUT2D eigenvalue weighted by atomic mass is 16.7. The molecule has 0 saturated carbocycles. The zero-order valence-corrected chi connectivity index (χ0v) is 20.1. The number of hydrogen-bond donors (Lipinski definition) is 4. The Morgan fingerprint density at radius 3 is 2.60 bits per heavy atom. The number of hydrogen-bond acceptors (Lipinski definition) is 9. The lowest BCUT2D eigenvalue weighted by Crippen LogP contribution is -2.61. The van der Waals surface area contributed by atoms with Crippen molar-refractivity contribution in [3.8, 4) is 5.88 Å². The lowest BCUT2D eigenvalue weighted by atomic mass is 9.88. The van der Waals surface area contributed by atoms with Crippen LogP contribution in [0.2, 0.25) is 0 Å². The Hall–Kier alpha value is -2.31. The van der Waals surface area contributed by atoms with Gasteiger partial charge in [0.2, 0.25) is 12.2 Å². The highest BCUT2D eigenvalue weighted by Crippen LogP contribution is 2.40. The van der Waals surface area contributed by atoms with Crippen molar-refractivity contribution in [2.24, 2.45) is 7.05 Å². The van der Waals surface area contributed by atoms with Crippen molar-refractivity contribution in [3.05, 3.63) is 16.8 Å². The summed E-state index contributed by atoms with van der Waals surface area (Å²) in [5, 5.41) is 45.9. The van der Waals surface area contributed by atoms with Gasteiger partial charge in [0, 0.05) is 30.5 Å². The quantitative estimate of drug-likeness (QED) is 0.446. The predicted molar refractivity (Wildman–Crippen MR) is 124 cm³/mol. The maximum atomic E-state index is 11.5. The number of aromatic nitrogens is 3. The number of carboxylic acid groups (broad SMARTS) is 1. The molecule has 3 aliphatic rings. The molecule has 4 N–H and O–H groups in total. The van der Waals surface area contributed by atoms with Gasteiger partial charge in [-0.05, 0) is 57.2 Å². The predicted octanol–water partition coefficient (Wildman–Crippen LogP) is 0.317. The molecule has 6 atom stereocenters. The number of aliphatic hydroxyl groups excluding tert-OH is 3. The summed E-state index contributed by atoms with van der Waals surface area (Å²) < 4.78 is 13.1. The summed E-state index contributed by atoms with van der Waals surface area (Å²) in [7, 11) is 1.85. The normalized spacial score (nSPS) is 31.6. The van der Waals surface area contributed by atoms with Crippen LogP contribution in [0.1, 0.15) is 55.3 Å². The van der Waals surface area contributed by atoms with Gasteiger partial charge in [-0.1, -0.05) is 6.92 Å². The molecule has 11 nitrogen and oxygen atoms in total. The third-order valence-corrected chi connectivity index (χ3v) is 7.52. The molecule has 2 aliphatic heterocycles. The number of carbonyl (C=O) groups is 1. The largest absolute Gasteiger partial charge is 0.479 e. The fraction of sp³-hybridized carbons (Fsp3) is 0.708. The molecule has 4 heterocycles. The fourth-order valence-electron chi connectivity index (χ4n) is 5.75. The van der Waals surface area contributed by atoms with E-state index in [0.717, 1.165) is 80.4 Å². The van der Waals surface area contributed by atoms with Gasteiger partial charge in [0.05, 0.1) is 5.69 Å². The monoisotopic (exact) mass is 490 g/mol. The number of pyridine rings is 1. The first kappa shape index (κ1) is 24.4. The summed E-state index contributed by atoms with van der Waals surface area (Å²) in [6.45, 7) is 5.31. The Kier molecular flexibility index (Phi) is 6.71. The van der Waals surface area contributed by atoms with Gasteiger partial charge >= 0.3 is 5.97 Å². The Morgan fingerprint density at radius 2 is 1.89 bits per heavy atom. The minimum Gasteiger partial charge on any atom is -0.479 e. The molecule has 2 saturated heterocycles. The average Bonchev–Trinajstić information content (AvgIpc) is 3.44. The Balaban J connectivity index is 1.52. The van der Waals surface area contributed by atoms with E-state index in [9.17, 15) is 25.2 Å². The number of nitrogens with zero attached hydrogens (tertiary/aromatic N) is 4. The van der Waals surface area contributed by atoms with E-state index in [1.165, 1.54) is 0 Å². The molecule has 11 heteroatoms. The molecule has 2 aromatic heterocycles. The van der Waals surface area contributed by atoms with E-state index in [4.69, 9.17) is 19.6 Å². The van der Waals surface area contributed by atoms with Crippen LogP contribution in [-0.2, 0) is 29.4 Å². The lowest BCUT2D eigenvalue weighted by molar-refractivity contribution is -0.271. The summed E-state index contributed by atoms with van der Waals surface area (Å²) in [6, 6.07) is 0. The van der Waals surface area contributed by atoms with Gasteiger partial charge in [-0.3, -0.25) is 4.68 Å². The Bertz CT molecular complexity index is 1110. The number of carboxylic acids is 1. The summed E-state index contributed by atoms with van der Waals surface area (Å²) in [5.74, 6) is -0.869. The van der Waals surface area contributed by atoms with Crippen molar-refractivity contribution in [3.63, 3.8) is 0 Å². The molecule has 0 bridgehead atoms. The van der Waals surface area contributed by atoms with Crippen molar-refractivity contribution >= 4 is 17.0 Å². The number of likely N-dealkylation sites (tertiary alicyclic amines) is 1. The molecule has 1 unspecified atom stereocenters. The number of aliphatic carboxylic acids is 1. The minimum absolute atomic E-state index is 0.248. The number of aliphatic hydroxyl groups is 3. The van der Waals surface area contributed by atoms with Gasteiger partial charge in [-0.2, -0.15) is 10.1 Å². The number of rotatable bonds is 6. The molecule has 1 aliphatic carbocycles. The van der Waals surface area contributed by atoms with Crippen LogP contribution >= 0.6 is 0 Å². The van der Waals surface area contributed by atoms with Gasteiger partial charge in [0.1, 0.15) is 18.3 Å². The van der Waals surface area contributed by atoms with E-state index in [1.807, 2.05) is 7.05 Å². The maximum Gasteiger partial charge on any atom is 0.335 e. The highest BCUT2D eigenvalue weighted by molar-refractivity contribution is 5.85. The fourth-order valence-corrected chi connectivity index (χ4v) is 5.75. The first-order valence-corrected chi connectivity index (χ1v) is 12.5. The smallest absolute Gasteiger partial charge is 0.335 e. The second-order valence-electron chi connectivity index (χ2n) is 9.93. The van der Waals surface area contributed by atoms with Crippen molar-refractivity contribution in [1.29, 1.82) is 0 Å². The Labute approximate surface area is 203 Å². The summed E-state index contributed by atoms with van der Waals surface area (Å²) in [5.41, 5.74) is 3.78. The molecule has 0 amide bonds. The molecular weight excluding hydrogens is 456 g/mol. The molecule has 0 radical (unpaired) electrons. The lowest BCUT2D eigenvalue weighted by Gasteiger charge is -2.38. The minimum atomic E-state index is -1.77. The van der Waals surface area contributed by atoms with Gasteiger partial charge in [-0.25, -0.2) is 4.79 Å². The molecule has 192 valence electrons. The van der Waals surface area contributed by atoms with E-state index in [0.29, 0.717) is 11.6 Å². The topological polar surface area (TPSA) is 150 Å². The number of aryl methyl sites for hydroxylation is 2. The molecular formula is C24H34N4O7. The van der Waals surface area contributed by atoms with Gasteiger partial charge < -0.3 is 34.8 Å². The van der Waals surface area contributed by atoms with E-state index in [1.54, 1.807) is 4.68 Å². The standard InChI is InChI=1S/C24H34N4O7/c1-3-9-28-10-8-12(11-28)16-15-13-6-4-5-7-14(13)22(25-21(15)27(2)26-16)35-24-19(31)17(29)18(30)20(34-24)23(32)33/h12,17-20,24,29-31H,3-11H2,1-2H3,(H,32,33)/t12?,17-,18+,19+,20-,24-/m0/s1. The Morgan fingerprint density at radius 1 is 1.14 bits per heavy atom. The SMILES string of the molecule is CCCN1CCC(c2nn(C)c3nc(O[C@@H]4O[C@H](C(=O)O)[C@H](O)[C@H](O)[C@H]4O)c4c(c23)CCCC4)C1. The van der Waals surface area contributed by atoms with Crippen molar-refractivity contribution in [2.75, 3.05) is 19.6 Å². The van der Waals surface area contributed by atoms with Crippen LogP contribution in [-0.4, -0.2) is 96.4 Å². The molecule has 35 heavy (non-hydrogen) atoms. The van der Waals surface area contributed by atoms with Crippen LogP contribution in [0, 0.1) is 0 Å². The van der Waals surface area contributed by atoms with Crippen molar-refractivity contribution in [1.82, 2.24) is 19.7 Å². The van der Waals surface area contributed by atoms with Crippen LogP contribution in [0.25, 0.3) is 11.0 Å². The van der Waals surface area contributed by atoms with Crippen molar-refractivity contribution < 1.29 is 34.7 Å². The van der Waals surface area contributed by atoms with Crippen LogP contribution in [0.3, 0.4) is 0 Å². The number of fused-ring (bicyclic) bond motifs is 3. The first-order chi connectivity index (χ1) is 16.8. The maximum absolute atomic E-state index is 11.5. The number of ether oxygens (including phenoxy) is 2. The summed E-state index contributed by atoms with van der Waals surface area (Å²) >= 11 is 0. The van der Waals surface area contributed by atoms with E-state index < -0.39 is 36.7 Å². The summed E-state index contributed by atoms with van der Waals surface area (Å²) in [4.78, 5) is 18.7. The van der Waals surface area contributed by atoms with Crippen LogP contribution in [0.4, 0.5) is 0 Å². The van der Waals surface area contributed by atoms with E-state index in [-0.39, 0.29) is 5.88 Å². The third kappa shape index (κ3) is 4.29. The average molecular weight is 491 g/mol. The van der Waals surface area contributed by atoms with E-state index >= 15 is 0 Å². The van der Waals surface area contributed by atoms with E-state index in [2.05, 4.69) is 11.8 Å². The molecule has 0 aromatic carbocycles. The second kappa shape index (κ2) is 9.62. The third-order valence-electron chi connectivity index (χ3n) is 7.52. The van der Waals surface area contributed by atoms with Gasteiger partial charge in [0.15, 0.2) is 11.8 Å². The summed E-state index contributed by atoms with van der Waals surface area (Å²) in [6.07, 6.45) is -2.63.